The Kier molecular flexibility index (Phi) is 2.39. The van der Waals surface area contributed by atoms with Crippen LogP contribution in [0.1, 0.15) is 18.4 Å². The quantitative estimate of drug-likeness (QED) is 0.872. The van der Waals surface area contributed by atoms with Crippen LogP contribution in [0.25, 0.3) is 0 Å². The van der Waals surface area contributed by atoms with Gasteiger partial charge in [-0.25, -0.2) is 4.39 Å². The van der Waals surface area contributed by atoms with Gasteiger partial charge in [-0.3, -0.25) is 0 Å². The van der Waals surface area contributed by atoms with Crippen LogP contribution in [0.2, 0.25) is 0 Å². The molecular formula is C10H10BrFO3. The van der Waals surface area contributed by atoms with Crippen LogP contribution in [-0.4, -0.2) is 17.3 Å². The SMILES string of the molecule is COc1cc(F)c(Br)c(C2(O)CC2)c1O. The number of phenols is 1. The third-order valence-corrected chi connectivity index (χ3v) is 3.34. The first-order valence-corrected chi connectivity index (χ1v) is 5.27. The predicted octanol–water partition coefficient (Wildman–Crippen LogP) is 2.28. The Bertz CT molecular complexity index is 416. The van der Waals surface area contributed by atoms with Crippen molar-refractivity contribution < 1.29 is 19.3 Å². The van der Waals surface area contributed by atoms with Crippen LogP contribution in [0.5, 0.6) is 11.5 Å². The van der Waals surface area contributed by atoms with Crippen LogP contribution in [0.3, 0.4) is 0 Å². The summed E-state index contributed by atoms with van der Waals surface area (Å²) in [5.41, 5.74) is -0.933. The van der Waals surface area contributed by atoms with Gasteiger partial charge in [0.05, 0.1) is 17.2 Å². The average Bonchev–Trinajstić information content (AvgIpc) is 2.91. The van der Waals surface area contributed by atoms with Crippen molar-refractivity contribution >= 4 is 15.9 Å². The molecular weight excluding hydrogens is 267 g/mol. The van der Waals surface area contributed by atoms with E-state index in [1.165, 1.54) is 7.11 Å². The monoisotopic (exact) mass is 276 g/mol. The van der Waals surface area contributed by atoms with Gasteiger partial charge >= 0.3 is 0 Å². The lowest BCUT2D eigenvalue weighted by Gasteiger charge is -2.15. The number of aliphatic hydroxyl groups is 1. The van der Waals surface area contributed by atoms with Crippen LogP contribution in [-0.2, 0) is 5.60 Å². The van der Waals surface area contributed by atoms with Gasteiger partial charge in [-0.05, 0) is 28.8 Å². The van der Waals surface area contributed by atoms with E-state index in [2.05, 4.69) is 15.9 Å². The van der Waals surface area contributed by atoms with Gasteiger partial charge < -0.3 is 14.9 Å². The Labute approximate surface area is 94.6 Å². The van der Waals surface area contributed by atoms with E-state index >= 15 is 0 Å². The molecule has 0 spiro atoms. The summed E-state index contributed by atoms with van der Waals surface area (Å²) in [4.78, 5) is 0. The molecule has 82 valence electrons. The van der Waals surface area contributed by atoms with E-state index < -0.39 is 11.4 Å². The van der Waals surface area contributed by atoms with Crippen molar-refractivity contribution in [2.45, 2.75) is 18.4 Å². The first kappa shape index (κ1) is 10.7. The highest BCUT2D eigenvalue weighted by Gasteiger charge is 2.47. The topological polar surface area (TPSA) is 49.7 Å². The van der Waals surface area contributed by atoms with E-state index in [-0.39, 0.29) is 21.5 Å². The number of methoxy groups -OCH3 is 1. The van der Waals surface area contributed by atoms with Crippen LogP contribution >= 0.6 is 15.9 Å². The Morgan fingerprint density at radius 2 is 2.13 bits per heavy atom. The van der Waals surface area contributed by atoms with Gasteiger partial charge in [-0.1, -0.05) is 0 Å². The maximum atomic E-state index is 13.4. The molecule has 2 rings (SSSR count). The number of ether oxygens (including phenoxy) is 1. The maximum Gasteiger partial charge on any atom is 0.165 e. The zero-order valence-electron chi connectivity index (χ0n) is 8.05. The maximum absolute atomic E-state index is 13.4. The third-order valence-electron chi connectivity index (χ3n) is 2.57. The second-order valence-corrected chi connectivity index (χ2v) is 4.42. The molecule has 1 fully saturated rings. The molecule has 0 radical (unpaired) electrons. The fraction of sp³-hybridized carbons (Fsp3) is 0.400. The Hall–Kier alpha value is -0.810. The Morgan fingerprint density at radius 1 is 1.53 bits per heavy atom. The van der Waals surface area contributed by atoms with Crippen LogP contribution in [0.4, 0.5) is 4.39 Å². The predicted molar refractivity (Wildman–Crippen MR) is 55.4 cm³/mol. The average molecular weight is 277 g/mol. The minimum absolute atomic E-state index is 0.0334. The second-order valence-electron chi connectivity index (χ2n) is 3.63. The fourth-order valence-electron chi connectivity index (χ4n) is 1.54. The minimum atomic E-state index is -1.11. The van der Waals surface area contributed by atoms with E-state index in [1.807, 2.05) is 0 Å². The molecule has 1 aliphatic rings. The largest absolute Gasteiger partial charge is 0.504 e. The van der Waals surface area contributed by atoms with E-state index in [0.717, 1.165) is 6.07 Å². The molecule has 0 heterocycles. The summed E-state index contributed by atoms with van der Waals surface area (Å²) in [7, 11) is 1.34. The highest BCUT2D eigenvalue weighted by atomic mass is 79.9. The molecule has 1 aromatic rings. The van der Waals surface area contributed by atoms with Crippen LogP contribution in [0, 0.1) is 5.82 Å². The molecule has 0 atom stereocenters. The number of hydrogen-bond acceptors (Lipinski definition) is 3. The zero-order valence-corrected chi connectivity index (χ0v) is 9.64. The Morgan fingerprint density at radius 3 is 2.60 bits per heavy atom. The molecule has 1 saturated carbocycles. The standard InChI is InChI=1S/C10H10BrFO3/c1-15-6-4-5(12)8(11)7(9(6)13)10(14)2-3-10/h4,13-14H,2-3H2,1H3. The van der Waals surface area contributed by atoms with Crippen molar-refractivity contribution in [3.05, 3.63) is 21.9 Å². The molecule has 0 unspecified atom stereocenters. The first-order chi connectivity index (χ1) is 6.99. The number of halogens is 2. The summed E-state index contributed by atoms with van der Waals surface area (Å²) in [6, 6.07) is 1.08. The number of aromatic hydroxyl groups is 1. The Balaban J connectivity index is 2.65. The summed E-state index contributed by atoms with van der Waals surface area (Å²) >= 11 is 3.02. The highest BCUT2D eigenvalue weighted by molar-refractivity contribution is 9.10. The molecule has 1 aromatic carbocycles. The number of hydrogen-bond donors (Lipinski definition) is 2. The third kappa shape index (κ3) is 1.59. The number of phenolic OH excluding ortho intramolecular Hbond substituents is 1. The molecule has 0 aliphatic heterocycles. The fourth-order valence-corrected chi connectivity index (χ4v) is 2.21. The van der Waals surface area contributed by atoms with Gasteiger partial charge in [-0.15, -0.1) is 0 Å². The smallest absolute Gasteiger partial charge is 0.165 e. The molecule has 1 aliphatic carbocycles. The van der Waals surface area contributed by atoms with Crippen molar-refractivity contribution in [3.8, 4) is 11.5 Å². The van der Waals surface area contributed by atoms with Gasteiger partial charge in [0.2, 0.25) is 0 Å². The summed E-state index contributed by atoms with van der Waals surface area (Å²) in [6.45, 7) is 0. The van der Waals surface area contributed by atoms with E-state index in [1.54, 1.807) is 0 Å². The van der Waals surface area contributed by atoms with Crippen LogP contribution in [0.15, 0.2) is 10.5 Å². The van der Waals surface area contributed by atoms with Gasteiger partial charge in [0, 0.05) is 11.6 Å². The summed E-state index contributed by atoms with van der Waals surface area (Å²) in [6.07, 6.45) is 1.04. The van der Waals surface area contributed by atoms with Crippen molar-refractivity contribution in [1.29, 1.82) is 0 Å². The van der Waals surface area contributed by atoms with Gasteiger partial charge in [-0.2, -0.15) is 0 Å². The lowest BCUT2D eigenvalue weighted by Crippen LogP contribution is -2.07. The van der Waals surface area contributed by atoms with Crippen molar-refractivity contribution in [1.82, 2.24) is 0 Å². The molecule has 0 bridgehead atoms. The molecule has 0 saturated heterocycles. The molecule has 3 nitrogen and oxygen atoms in total. The summed E-state index contributed by atoms with van der Waals surface area (Å²) < 4.78 is 18.3. The highest BCUT2D eigenvalue weighted by Crippen LogP contribution is 2.54. The lowest BCUT2D eigenvalue weighted by atomic mass is 10.1. The van der Waals surface area contributed by atoms with Crippen molar-refractivity contribution in [3.63, 3.8) is 0 Å². The number of rotatable bonds is 2. The molecule has 0 amide bonds. The normalized spacial score (nSPS) is 17.6. The van der Waals surface area contributed by atoms with Crippen molar-refractivity contribution in [2.24, 2.45) is 0 Å². The molecule has 5 heteroatoms. The lowest BCUT2D eigenvalue weighted by molar-refractivity contribution is 0.145. The van der Waals surface area contributed by atoms with Gasteiger partial charge in [0.25, 0.3) is 0 Å². The van der Waals surface area contributed by atoms with E-state index in [9.17, 15) is 14.6 Å². The van der Waals surface area contributed by atoms with Gasteiger partial charge in [0.1, 0.15) is 5.82 Å². The van der Waals surface area contributed by atoms with Crippen LogP contribution < -0.4 is 4.74 Å². The number of benzene rings is 1. The van der Waals surface area contributed by atoms with Crippen molar-refractivity contribution in [2.75, 3.05) is 7.11 Å². The zero-order chi connectivity index (χ0) is 11.2. The minimum Gasteiger partial charge on any atom is -0.504 e. The van der Waals surface area contributed by atoms with E-state index in [4.69, 9.17) is 4.74 Å². The van der Waals surface area contributed by atoms with Gasteiger partial charge in [0.15, 0.2) is 11.5 Å². The summed E-state index contributed by atoms with van der Waals surface area (Å²) in [5.74, 6) is -0.725. The first-order valence-electron chi connectivity index (χ1n) is 4.47. The molecule has 0 aromatic heterocycles. The summed E-state index contributed by atoms with van der Waals surface area (Å²) in [5, 5.41) is 19.7. The molecule has 2 N–H and O–H groups in total. The second kappa shape index (κ2) is 3.35. The van der Waals surface area contributed by atoms with E-state index in [0.29, 0.717) is 12.8 Å². The molecule has 15 heavy (non-hydrogen) atoms.